The van der Waals surface area contributed by atoms with Crippen molar-refractivity contribution < 1.29 is 9.47 Å². The molecule has 0 fully saturated rings. The van der Waals surface area contributed by atoms with E-state index < -0.39 is 0 Å². The summed E-state index contributed by atoms with van der Waals surface area (Å²) in [6.45, 7) is 6.03. The van der Waals surface area contributed by atoms with Crippen LogP contribution in [0.4, 0.5) is 0 Å². The highest BCUT2D eigenvalue weighted by atomic mass is 32.1. The smallest absolute Gasteiger partial charge is 0.140 e. The third-order valence-corrected chi connectivity index (χ3v) is 4.35. The highest BCUT2D eigenvalue weighted by Crippen LogP contribution is 2.22. The average Bonchev–Trinajstić information content (AvgIpc) is 2.83. The number of ether oxygens (including phenoxy) is 2. The minimum Gasteiger partial charge on any atom is -0.486 e. The Hall–Kier alpha value is -1.43. The van der Waals surface area contributed by atoms with Crippen molar-refractivity contribution in [1.82, 2.24) is 10.3 Å². The third-order valence-electron chi connectivity index (χ3n) is 3.28. The number of nitrogens with zero attached hydrogens (tertiary/aromatic N) is 1. The van der Waals surface area contributed by atoms with E-state index in [1.165, 1.54) is 16.0 Å². The molecule has 0 atom stereocenters. The lowest BCUT2D eigenvalue weighted by molar-refractivity contribution is 0.180. The van der Waals surface area contributed by atoms with Crippen LogP contribution in [0.1, 0.15) is 26.7 Å². The fourth-order valence-corrected chi connectivity index (χ4v) is 2.99. The molecular weight excluding hydrogens is 284 g/mol. The topological polar surface area (TPSA) is 43.4 Å². The number of hydrogen-bond acceptors (Lipinski definition) is 5. The van der Waals surface area contributed by atoms with Gasteiger partial charge in [-0.15, -0.1) is 11.3 Å². The van der Waals surface area contributed by atoms with Crippen LogP contribution >= 0.6 is 11.3 Å². The highest BCUT2D eigenvalue weighted by molar-refractivity contribution is 7.11. The van der Waals surface area contributed by atoms with Crippen LogP contribution in [0.25, 0.3) is 0 Å². The van der Waals surface area contributed by atoms with Gasteiger partial charge in [-0.25, -0.2) is 4.98 Å². The molecule has 2 aromatic rings. The summed E-state index contributed by atoms with van der Waals surface area (Å²) in [5, 5.41) is 4.14. The van der Waals surface area contributed by atoms with Gasteiger partial charge in [0.25, 0.3) is 0 Å². The zero-order chi connectivity index (χ0) is 15.2. The minimum atomic E-state index is 0.494. The van der Waals surface area contributed by atoms with E-state index in [0.717, 1.165) is 23.0 Å². The molecule has 0 saturated heterocycles. The molecule has 21 heavy (non-hydrogen) atoms. The Labute approximate surface area is 130 Å². The Kier molecular flexibility index (Phi) is 5.73. The van der Waals surface area contributed by atoms with Gasteiger partial charge in [0.05, 0.1) is 12.3 Å². The molecule has 1 heterocycles. The van der Waals surface area contributed by atoms with E-state index in [0.29, 0.717) is 13.2 Å². The summed E-state index contributed by atoms with van der Waals surface area (Å²) in [6, 6.07) is 6.14. The zero-order valence-electron chi connectivity index (χ0n) is 13.0. The average molecular weight is 306 g/mol. The summed E-state index contributed by atoms with van der Waals surface area (Å²) in [6.07, 6.45) is 0. The fraction of sp³-hybridized carbons (Fsp3) is 0.438. The molecule has 1 aromatic heterocycles. The van der Waals surface area contributed by atoms with Gasteiger partial charge in [-0.3, -0.25) is 0 Å². The van der Waals surface area contributed by atoms with Gasteiger partial charge in [-0.05, 0) is 44.2 Å². The van der Waals surface area contributed by atoms with E-state index in [1.54, 1.807) is 18.4 Å². The Morgan fingerprint density at radius 1 is 1.19 bits per heavy atom. The SMILES string of the molecule is CNCc1sc(COc2ccc(C)c(C)c2)nc1COC. The van der Waals surface area contributed by atoms with Crippen LogP contribution in [0.2, 0.25) is 0 Å². The normalized spacial score (nSPS) is 10.9. The number of benzene rings is 1. The van der Waals surface area contributed by atoms with Crippen LogP contribution in [0.5, 0.6) is 5.75 Å². The van der Waals surface area contributed by atoms with Crippen molar-refractivity contribution in [3.63, 3.8) is 0 Å². The molecule has 114 valence electrons. The van der Waals surface area contributed by atoms with Crippen molar-refractivity contribution in [2.75, 3.05) is 14.2 Å². The number of aryl methyl sites for hydroxylation is 2. The van der Waals surface area contributed by atoms with Gasteiger partial charge in [-0.1, -0.05) is 6.07 Å². The Morgan fingerprint density at radius 2 is 2.00 bits per heavy atom. The molecular formula is C16H22N2O2S. The summed E-state index contributed by atoms with van der Waals surface area (Å²) in [5.41, 5.74) is 3.51. The highest BCUT2D eigenvalue weighted by Gasteiger charge is 2.11. The van der Waals surface area contributed by atoms with Gasteiger partial charge >= 0.3 is 0 Å². The maximum Gasteiger partial charge on any atom is 0.140 e. The Bertz CT molecular complexity index is 572. The van der Waals surface area contributed by atoms with Gasteiger partial charge < -0.3 is 14.8 Å². The lowest BCUT2D eigenvalue weighted by Gasteiger charge is -2.06. The number of methoxy groups -OCH3 is 1. The van der Waals surface area contributed by atoms with Crippen LogP contribution < -0.4 is 10.1 Å². The number of aromatic nitrogens is 1. The molecule has 0 radical (unpaired) electrons. The van der Waals surface area contributed by atoms with Crippen molar-refractivity contribution in [2.45, 2.75) is 33.6 Å². The molecule has 0 aliphatic heterocycles. The Balaban J connectivity index is 2.05. The minimum absolute atomic E-state index is 0.494. The summed E-state index contributed by atoms with van der Waals surface area (Å²) < 4.78 is 11.0. The number of nitrogens with one attached hydrogen (secondary N) is 1. The van der Waals surface area contributed by atoms with Gasteiger partial charge in [0.15, 0.2) is 0 Å². The van der Waals surface area contributed by atoms with E-state index in [2.05, 4.69) is 36.3 Å². The van der Waals surface area contributed by atoms with Crippen LogP contribution in [0.15, 0.2) is 18.2 Å². The molecule has 1 aromatic carbocycles. The molecule has 0 spiro atoms. The monoisotopic (exact) mass is 306 g/mol. The second-order valence-corrected chi connectivity index (χ2v) is 6.14. The van der Waals surface area contributed by atoms with Crippen LogP contribution in [-0.4, -0.2) is 19.1 Å². The predicted molar refractivity (Wildman–Crippen MR) is 85.8 cm³/mol. The maximum absolute atomic E-state index is 5.84. The lowest BCUT2D eigenvalue weighted by Crippen LogP contribution is -2.06. The lowest BCUT2D eigenvalue weighted by atomic mass is 10.1. The van der Waals surface area contributed by atoms with Crippen molar-refractivity contribution in [3.8, 4) is 5.75 Å². The third kappa shape index (κ3) is 4.27. The molecule has 0 aliphatic carbocycles. The molecule has 0 bridgehead atoms. The first-order chi connectivity index (χ1) is 10.1. The second kappa shape index (κ2) is 7.54. The van der Waals surface area contributed by atoms with E-state index in [-0.39, 0.29) is 0 Å². The zero-order valence-corrected chi connectivity index (χ0v) is 13.8. The van der Waals surface area contributed by atoms with Gasteiger partial charge in [-0.2, -0.15) is 0 Å². The summed E-state index contributed by atoms with van der Waals surface area (Å²) >= 11 is 1.67. The van der Waals surface area contributed by atoms with E-state index >= 15 is 0 Å². The van der Waals surface area contributed by atoms with E-state index in [4.69, 9.17) is 9.47 Å². The van der Waals surface area contributed by atoms with Crippen LogP contribution in [0.3, 0.4) is 0 Å². The molecule has 1 N–H and O–H groups in total. The number of hydrogen-bond donors (Lipinski definition) is 1. The summed E-state index contributed by atoms with van der Waals surface area (Å²) in [5.74, 6) is 0.886. The van der Waals surface area contributed by atoms with E-state index in [9.17, 15) is 0 Å². The van der Waals surface area contributed by atoms with Gasteiger partial charge in [0.1, 0.15) is 17.4 Å². The van der Waals surface area contributed by atoms with Crippen molar-refractivity contribution in [1.29, 1.82) is 0 Å². The molecule has 5 heteroatoms. The standard InChI is InChI=1S/C16H22N2O2S/c1-11-5-6-13(7-12(11)2)20-10-16-18-14(9-19-4)15(21-16)8-17-3/h5-7,17H,8-10H2,1-4H3. The first-order valence-electron chi connectivity index (χ1n) is 6.95. The second-order valence-electron chi connectivity index (χ2n) is 4.98. The molecule has 0 saturated carbocycles. The molecule has 2 rings (SSSR count). The summed E-state index contributed by atoms with van der Waals surface area (Å²) in [4.78, 5) is 5.81. The molecule has 0 unspecified atom stereocenters. The first-order valence-corrected chi connectivity index (χ1v) is 7.76. The first kappa shape index (κ1) is 15.9. The van der Waals surface area contributed by atoms with E-state index in [1.807, 2.05) is 13.1 Å². The summed E-state index contributed by atoms with van der Waals surface area (Å²) in [7, 11) is 3.62. The molecule has 0 amide bonds. The fourth-order valence-electron chi connectivity index (χ4n) is 2.00. The van der Waals surface area contributed by atoms with Crippen LogP contribution in [-0.2, 0) is 24.5 Å². The number of thiazole rings is 1. The van der Waals surface area contributed by atoms with Gasteiger partial charge in [0, 0.05) is 18.5 Å². The van der Waals surface area contributed by atoms with Gasteiger partial charge in [0.2, 0.25) is 0 Å². The molecule has 0 aliphatic rings. The van der Waals surface area contributed by atoms with Crippen molar-refractivity contribution in [2.24, 2.45) is 0 Å². The Morgan fingerprint density at radius 3 is 2.67 bits per heavy atom. The molecule has 4 nitrogen and oxygen atoms in total. The largest absolute Gasteiger partial charge is 0.486 e. The van der Waals surface area contributed by atoms with Crippen LogP contribution in [0, 0.1) is 13.8 Å². The number of rotatable bonds is 7. The maximum atomic E-state index is 5.84. The quantitative estimate of drug-likeness (QED) is 0.853. The predicted octanol–water partition coefficient (Wildman–Crippen LogP) is 3.20. The van der Waals surface area contributed by atoms with Crippen molar-refractivity contribution >= 4 is 11.3 Å². The van der Waals surface area contributed by atoms with Crippen molar-refractivity contribution in [3.05, 3.63) is 44.9 Å².